The maximum absolute atomic E-state index is 12.2. The first-order valence-electron chi connectivity index (χ1n) is 6.46. The van der Waals surface area contributed by atoms with Crippen LogP contribution in [0.15, 0.2) is 46.7 Å². The number of rotatable bonds is 5. The predicted octanol–water partition coefficient (Wildman–Crippen LogP) is 3.71. The van der Waals surface area contributed by atoms with E-state index in [0.29, 0.717) is 10.6 Å². The van der Waals surface area contributed by atoms with Crippen LogP contribution in [-0.4, -0.2) is 16.8 Å². The molecular formula is C14H11Cl3N2O4S2. The molecule has 0 unspecified atom stereocenters. The molecule has 3 N–H and O–H groups in total. The number of hydrogen-bond donors (Lipinski definition) is 2. The summed E-state index contributed by atoms with van der Waals surface area (Å²) in [5.41, 5.74) is 0.228. The Labute approximate surface area is 160 Å². The highest BCUT2D eigenvalue weighted by Gasteiger charge is 2.17. The molecule has 0 heterocycles. The van der Waals surface area contributed by atoms with Crippen LogP contribution in [0.4, 0.5) is 5.69 Å². The Hall–Kier alpha value is -1.29. The number of anilines is 1. The number of nitrogens with two attached hydrogens (primary N) is 1. The molecule has 0 amide bonds. The van der Waals surface area contributed by atoms with Gasteiger partial charge in [0.25, 0.3) is 10.0 Å². The topological polar surface area (TPSA) is 106 Å². The molecule has 0 fully saturated rings. The summed E-state index contributed by atoms with van der Waals surface area (Å²) in [5, 5.41) is 6.65. The van der Waals surface area contributed by atoms with Crippen LogP contribution in [0.2, 0.25) is 15.1 Å². The molecule has 0 saturated heterocycles. The number of hydrogen-bond acceptors (Lipinski definition) is 4. The van der Waals surface area contributed by atoms with Crippen molar-refractivity contribution in [3.63, 3.8) is 0 Å². The SMILES string of the molecule is NS(=O)(=O)c1ccc(Cl)cc1NS(=O)(=O)C=Cc1ccc(Cl)c(Cl)c1. The summed E-state index contributed by atoms with van der Waals surface area (Å²) in [6.07, 6.45) is 1.27. The Bertz CT molecular complexity index is 1050. The third-order valence-electron chi connectivity index (χ3n) is 2.88. The maximum atomic E-state index is 12.2. The molecule has 0 radical (unpaired) electrons. The normalized spacial score (nSPS) is 12.5. The Kier molecular flexibility index (Phi) is 6.03. The fourth-order valence-electron chi connectivity index (χ4n) is 1.80. The lowest BCUT2D eigenvalue weighted by Gasteiger charge is -2.10. The van der Waals surface area contributed by atoms with Crippen LogP contribution < -0.4 is 9.86 Å². The van der Waals surface area contributed by atoms with Gasteiger partial charge in [0.2, 0.25) is 10.0 Å². The highest BCUT2D eigenvalue weighted by atomic mass is 35.5. The monoisotopic (exact) mass is 440 g/mol. The van der Waals surface area contributed by atoms with Crippen molar-refractivity contribution >= 4 is 66.6 Å². The average molecular weight is 442 g/mol. The molecular weight excluding hydrogens is 431 g/mol. The van der Waals surface area contributed by atoms with Crippen molar-refractivity contribution < 1.29 is 16.8 Å². The molecule has 2 rings (SSSR count). The smallest absolute Gasteiger partial charge is 0.255 e. The summed E-state index contributed by atoms with van der Waals surface area (Å²) in [4.78, 5) is -0.400. The van der Waals surface area contributed by atoms with Crippen molar-refractivity contribution in [2.24, 2.45) is 5.14 Å². The molecule has 2 aromatic carbocycles. The van der Waals surface area contributed by atoms with Crippen molar-refractivity contribution in [2.45, 2.75) is 4.90 Å². The highest BCUT2D eigenvalue weighted by Crippen LogP contribution is 2.26. The van der Waals surface area contributed by atoms with Crippen LogP contribution in [0.3, 0.4) is 0 Å². The molecule has 25 heavy (non-hydrogen) atoms. The van der Waals surface area contributed by atoms with Gasteiger partial charge >= 0.3 is 0 Å². The first-order valence-corrected chi connectivity index (χ1v) is 10.7. The second-order valence-corrected chi connectivity index (χ2v) is 9.16. The molecule has 2 aromatic rings. The largest absolute Gasteiger partial charge is 0.279 e. The summed E-state index contributed by atoms with van der Waals surface area (Å²) < 4.78 is 49.6. The molecule has 0 aromatic heterocycles. The van der Waals surface area contributed by atoms with Crippen LogP contribution in [0.5, 0.6) is 0 Å². The Morgan fingerprint density at radius 3 is 2.20 bits per heavy atom. The van der Waals surface area contributed by atoms with Crippen molar-refractivity contribution in [1.29, 1.82) is 0 Å². The Balaban J connectivity index is 2.34. The van der Waals surface area contributed by atoms with Crippen molar-refractivity contribution in [2.75, 3.05) is 4.72 Å². The van der Waals surface area contributed by atoms with Gasteiger partial charge in [0, 0.05) is 5.02 Å². The van der Waals surface area contributed by atoms with Gasteiger partial charge in [-0.15, -0.1) is 0 Å². The second kappa shape index (κ2) is 7.53. The summed E-state index contributed by atoms with van der Waals surface area (Å²) in [6.45, 7) is 0. The molecule has 6 nitrogen and oxygen atoms in total. The summed E-state index contributed by atoms with van der Waals surface area (Å²) in [7, 11) is -8.18. The van der Waals surface area contributed by atoms with Crippen molar-refractivity contribution in [1.82, 2.24) is 0 Å². The van der Waals surface area contributed by atoms with Gasteiger partial charge in [0.15, 0.2) is 0 Å². The number of sulfonamides is 2. The van der Waals surface area contributed by atoms with E-state index in [0.717, 1.165) is 17.5 Å². The van der Waals surface area contributed by atoms with Crippen LogP contribution in [-0.2, 0) is 20.0 Å². The number of nitrogens with one attached hydrogen (secondary N) is 1. The number of benzene rings is 2. The Morgan fingerprint density at radius 1 is 0.920 bits per heavy atom. The van der Waals surface area contributed by atoms with E-state index in [2.05, 4.69) is 4.72 Å². The molecule has 0 aliphatic rings. The van der Waals surface area contributed by atoms with E-state index in [9.17, 15) is 16.8 Å². The van der Waals surface area contributed by atoms with Crippen molar-refractivity contribution in [3.05, 3.63) is 62.4 Å². The van der Waals surface area contributed by atoms with Gasteiger partial charge in [-0.3, -0.25) is 4.72 Å². The zero-order valence-electron chi connectivity index (χ0n) is 12.3. The molecule has 0 saturated carbocycles. The fourth-order valence-corrected chi connectivity index (χ4v) is 3.90. The molecule has 0 bridgehead atoms. The Morgan fingerprint density at radius 2 is 1.60 bits per heavy atom. The van der Waals surface area contributed by atoms with Gasteiger partial charge in [0.1, 0.15) is 4.90 Å². The van der Waals surface area contributed by atoms with Crippen LogP contribution in [0.1, 0.15) is 5.56 Å². The van der Waals surface area contributed by atoms with E-state index in [1.165, 1.54) is 24.3 Å². The van der Waals surface area contributed by atoms with Crippen LogP contribution in [0.25, 0.3) is 6.08 Å². The number of halogens is 3. The third-order valence-corrected chi connectivity index (χ3v) is 5.83. The minimum absolute atomic E-state index is 0.138. The maximum Gasteiger partial charge on any atom is 0.255 e. The van der Waals surface area contributed by atoms with E-state index in [1.807, 2.05) is 0 Å². The molecule has 0 spiro atoms. The summed E-state index contributed by atoms with van der Waals surface area (Å²) in [5.74, 6) is 0. The summed E-state index contributed by atoms with van der Waals surface area (Å²) >= 11 is 17.4. The lowest BCUT2D eigenvalue weighted by Crippen LogP contribution is -2.17. The lowest BCUT2D eigenvalue weighted by atomic mass is 10.2. The summed E-state index contributed by atoms with van der Waals surface area (Å²) in [6, 6.07) is 8.09. The van der Waals surface area contributed by atoms with Gasteiger partial charge in [-0.2, -0.15) is 0 Å². The van der Waals surface area contributed by atoms with E-state index in [1.54, 1.807) is 6.07 Å². The third kappa shape index (κ3) is 5.60. The van der Waals surface area contributed by atoms with E-state index in [4.69, 9.17) is 39.9 Å². The molecule has 0 atom stereocenters. The van der Waals surface area contributed by atoms with Gasteiger partial charge in [-0.25, -0.2) is 22.0 Å². The van der Waals surface area contributed by atoms with Crippen molar-refractivity contribution in [3.8, 4) is 0 Å². The van der Waals surface area contributed by atoms with E-state index < -0.39 is 24.9 Å². The number of primary sulfonamides is 1. The lowest BCUT2D eigenvalue weighted by molar-refractivity contribution is 0.598. The molecule has 0 aliphatic heterocycles. The fraction of sp³-hybridized carbons (Fsp3) is 0. The van der Waals surface area contributed by atoms with Gasteiger partial charge in [-0.1, -0.05) is 40.9 Å². The van der Waals surface area contributed by atoms with Gasteiger partial charge < -0.3 is 0 Å². The highest BCUT2D eigenvalue weighted by molar-refractivity contribution is 7.95. The molecule has 0 aliphatic carbocycles. The average Bonchev–Trinajstić information content (AvgIpc) is 2.47. The van der Waals surface area contributed by atoms with E-state index in [-0.39, 0.29) is 15.7 Å². The zero-order valence-corrected chi connectivity index (χ0v) is 16.2. The quantitative estimate of drug-likeness (QED) is 0.737. The first-order chi connectivity index (χ1) is 11.5. The van der Waals surface area contributed by atoms with Gasteiger partial charge in [0.05, 0.1) is 21.1 Å². The molecule has 11 heteroatoms. The van der Waals surface area contributed by atoms with Crippen LogP contribution in [0, 0.1) is 0 Å². The zero-order chi connectivity index (χ0) is 18.8. The minimum Gasteiger partial charge on any atom is -0.279 e. The second-order valence-electron chi connectivity index (χ2n) is 4.81. The van der Waals surface area contributed by atoms with Gasteiger partial charge in [-0.05, 0) is 42.0 Å². The first kappa shape index (κ1) is 20.0. The van der Waals surface area contributed by atoms with E-state index >= 15 is 0 Å². The predicted molar refractivity (Wildman–Crippen MR) is 101 cm³/mol. The minimum atomic E-state index is -4.14. The molecule has 134 valence electrons. The van der Waals surface area contributed by atoms with Crippen LogP contribution >= 0.6 is 34.8 Å². The standard InChI is InChI=1S/C14H11Cl3N2O4S2/c15-10-2-4-14(25(18,22)23)13(8-10)19-24(20,21)6-5-9-1-3-11(16)12(17)7-9/h1-8,19H,(H2,18,22,23).